The number of carbonyl (C=O) groups excluding carboxylic acids is 2. The predicted octanol–water partition coefficient (Wildman–Crippen LogP) is 1.51. The van der Waals surface area contributed by atoms with Crippen molar-refractivity contribution in [2.24, 2.45) is 0 Å². The highest BCUT2D eigenvalue weighted by Gasteiger charge is 2.06. The van der Waals surface area contributed by atoms with Crippen LogP contribution >= 0.6 is 0 Å². The van der Waals surface area contributed by atoms with Crippen LogP contribution in [0.25, 0.3) is 0 Å². The lowest BCUT2D eigenvalue weighted by molar-refractivity contribution is -0.120. The first-order chi connectivity index (χ1) is 8.71. The van der Waals surface area contributed by atoms with Gasteiger partial charge in [0.1, 0.15) is 12.0 Å². The summed E-state index contributed by atoms with van der Waals surface area (Å²) in [6, 6.07) is 5.84. The molecule has 1 aromatic carbocycles. The molecule has 0 fully saturated rings. The molecule has 98 valence electrons. The third-order valence-corrected chi connectivity index (χ3v) is 2.80. The first-order valence-electron chi connectivity index (χ1n) is 6.01. The molecule has 18 heavy (non-hydrogen) atoms. The van der Waals surface area contributed by atoms with Crippen molar-refractivity contribution in [3.05, 3.63) is 29.3 Å². The summed E-state index contributed by atoms with van der Waals surface area (Å²) in [7, 11) is 3.25. The van der Waals surface area contributed by atoms with E-state index >= 15 is 0 Å². The van der Waals surface area contributed by atoms with Crippen LogP contribution < -0.4 is 10.1 Å². The van der Waals surface area contributed by atoms with Gasteiger partial charge in [0.15, 0.2) is 0 Å². The molecule has 0 aliphatic carbocycles. The molecule has 0 spiro atoms. The Labute approximate surface area is 107 Å². The van der Waals surface area contributed by atoms with Crippen LogP contribution in [0, 0.1) is 0 Å². The van der Waals surface area contributed by atoms with Crippen LogP contribution in [-0.2, 0) is 22.4 Å². The minimum absolute atomic E-state index is 0.0280. The Bertz CT molecular complexity index is 416. The number of methoxy groups -OCH3 is 1. The Morgan fingerprint density at radius 3 is 2.78 bits per heavy atom. The van der Waals surface area contributed by atoms with Gasteiger partial charge in [-0.05, 0) is 30.0 Å². The van der Waals surface area contributed by atoms with Gasteiger partial charge in [0.25, 0.3) is 0 Å². The summed E-state index contributed by atoms with van der Waals surface area (Å²) in [5, 5.41) is 2.60. The van der Waals surface area contributed by atoms with E-state index in [0.717, 1.165) is 23.2 Å². The maximum atomic E-state index is 11.2. The summed E-state index contributed by atoms with van der Waals surface area (Å²) in [6.45, 7) is 0. The molecular weight excluding hydrogens is 230 g/mol. The SMILES string of the molecule is CNC(=O)CCc1ccc(OC)c(CCC=O)c1. The molecule has 4 nitrogen and oxygen atoms in total. The van der Waals surface area contributed by atoms with Gasteiger partial charge >= 0.3 is 0 Å². The van der Waals surface area contributed by atoms with E-state index in [1.807, 2.05) is 18.2 Å². The summed E-state index contributed by atoms with van der Waals surface area (Å²) in [5.41, 5.74) is 2.10. The molecular formula is C14H19NO3. The molecule has 0 aromatic heterocycles. The van der Waals surface area contributed by atoms with Crippen LogP contribution in [0.4, 0.5) is 0 Å². The number of aryl methyl sites for hydroxylation is 2. The summed E-state index contributed by atoms with van der Waals surface area (Å²) in [4.78, 5) is 21.6. The summed E-state index contributed by atoms with van der Waals surface area (Å²) >= 11 is 0. The zero-order chi connectivity index (χ0) is 13.4. The zero-order valence-corrected chi connectivity index (χ0v) is 10.9. The number of amides is 1. The van der Waals surface area contributed by atoms with Crippen molar-refractivity contribution in [3.63, 3.8) is 0 Å². The molecule has 1 aromatic rings. The predicted molar refractivity (Wildman–Crippen MR) is 69.8 cm³/mol. The lowest BCUT2D eigenvalue weighted by atomic mass is 10.0. The number of aldehydes is 1. The van der Waals surface area contributed by atoms with Gasteiger partial charge in [-0.15, -0.1) is 0 Å². The second-order valence-corrected chi connectivity index (χ2v) is 4.02. The Morgan fingerprint density at radius 2 is 2.17 bits per heavy atom. The van der Waals surface area contributed by atoms with Crippen molar-refractivity contribution >= 4 is 12.2 Å². The summed E-state index contributed by atoms with van der Waals surface area (Å²) < 4.78 is 5.25. The average Bonchev–Trinajstić information content (AvgIpc) is 2.42. The molecule has 1 amide bonds. The minimum Gasteiger partial charge on any atom is -0.496 e. The molecule has 1 rings (SSSR count). The lowest BCUT2D eigenvalue weighted by Crippen LogP contribution is -2.17. The number of ether oxygens (including phenoxy) is 1. The molecule has 0 aliphatic rings. The maximum Gasteiger partial charge on any atom is 0.220 e. The number of hydrogen-bond donors (Lipinski definition) is 1. The number of nitrogens with one attached hydrogen (secondary N) is 1. The van der Waals surface area contributed by atoms with E-state index < -0.39 is 0 Å². The van der Waals surface area contributed by atoms with Crippen molar-refractivity contribution in [1.29, 1.82) is 0 Å². The van der Waals surface area contributed by atoms with Gasteiger partial charge in [-0.2, -0.15) is 0 Å². The van der Waals surface area contributed by atoms with Crippen molar-refractivity contribution in [3.8, 4) is 5.75 Å². The van der Waals surface area contributed by atoms with E-state index in [2.05, 4.69) is 5.32 Å². The number of carbonyl (C=O) groups is 2. The van der Waals surface area contributed by atoms with Crippen molar-refractivity contribution in [2.45, 2.75) is 25.7 Å². The second kappa shape index (κ2) is 7.48. The number of hydrogen-bond acceptors (Lipinski definition) is 3. The van der Waals surface area contributed by atoms with Crippen LogP contribution in [-0.4, -0.2) is 26.4 Å². The van der Waals surface area contributed by atoms with E-state index in [9.17, 15) is 9.59 Å². The highest BCUT2D eigenvalue weighted by atomic mass is 16.5. The van der Waals surface area contributed by atoms with Gasteiger partial charge in [0.05, 0.1) is 7.11 Å². The molecule has 1 N–H and O–H groups in total. The summed E-state index contributed by atoms with van der Waals surface area (Å²) in [6.07, 6.45) is 3.21. The average molecular weight is 249 g/mol. The van der Waals surface area contributed by atoms with Gasteiger partial charge in [-0.1, -0.05) is 12.1 Å². The van der Waals surface area contributed by atoms with E-state index in [0.29, 0.717) is 25.7 Å². The summed E-state index contributed by atoms with van der Waals surface area (Å²) in [5.74, 6) is 0.820. The van der Waals surface area contributed by atoms with Crippen LogP contribution in [0.5, 0.6) is 5.75 Å². The quantitative estimate of drug-likeness (QED) is 0.745. The zero-order valence-electron chi connectivity index (χ0n) is 10.9. The van der Waals surface area contributed by atoms with Gasteiger partial charge in [-0.25, -0.2) is 0 Å². The van der Waals surface area contributed by atoms with E-state index in [1.54, 1.807) is 14.2 Å². The molecule has 0 bridgehead atoms. The van der Waals surface area contributed by atoms with Crippen LogP contribution in [0.1, 0.15) is 24.0 Å². The Morgan fingerprint density at radius 1 is 1.39 bits per heavy atom. The Kier molecular flexibility index (Phi) is 5.91. The molecule has 0 saturated carbocycles. The largest absolute Gasteiger partial charge is 0.496 e. The molecule has 0 radical (unpaired) electrons. The monoisotopic (exact) mass is 249 g/mol. The van der Waals surface area contributed by atoms with Crippen molar-refractivity contribution < 1.29 is 14.3 Å². The van der Waals surface area contributed by atoms with E-state index in [1.165, 1.54) is 0 Å². The molecule has 0 unspecified atom stereocenters. The Hall–Kier alpha value is -1.84. The van der Waals surface area contributed by atoms with E-state index in [4.69, 9.17) is 4.74 Å². The third kappa shape index (κ3) is 4.20. The fourth-order valence-corrected chi connectivity index (χ4v) is 1.78. The van der Waals surface area contributed by atoms with Crippen LogP contribution in [0.2, 0.25) is 0 Å². The van der Waals surface area contributed by atoms with Crippen molar-refractivity contribution in [2.75, 3.05) is 14.2 Å². The van der Waals surface area contributed by atoms with Crippen LogP contribution in [0.3, 0.4) is 0 Å². The lowest BCUT2D eigenvalue weighted by Gasteiger charge is -2.09. The Balaban J connectivity index is 2.74. The first-order valence-corrected chi connectivity index (χ1v) is 6.01. The molecule has 0 heterocycles. The normalized spacial score (nSPS) is 9.89. The van der Waals surface area contributed by atoms with Gasteiger partial charge in [0, 0.05) is 19.9 Å². The number of benzene rings is 1. The smallest absolute Gasteiger partial charge is 0.220 e. The highest BCUT2D eigenvalue weighted by molar-refractivity contribution is 5.75. The first kappa shape index (κ1) is 14.2. The molecule has 0 atom stereocenters. The topological polar surface area (TPSA) is 55.4 Å². The molecule has 0 saturated heterocycles. The van der Waals surface area contributed by atoms with Gasteiger partial charge in [-0.3, -0.25) is 4.79 Å². The minimum atomic E-state index is 0.0280. The van der Waals surface area contributed by atoms with Crippen molar-refractivity contribution in [1.82, 2.24) is 5.32 Å². The maximum absolute atomic E-state index is 11.2. The van der Waals surface area contributed by atoms with Gasteiger partial charge in [0.2, 0.25) is 5.91 Å². The van der Waals surface area contributed by atoms with E-state index in [-0.39, 0.29) is 5.91 Å². The fraction of sp³-hybridized carbons (Fsp3) is 0.429. The van der Waals surface area contributed by atoms with Gasteiger partial charge < -0.3 is 14.8 Å². The fourth-order valence-electron chi connectivity index (χ4n) is 1.78. The molecule has 0 aliphatic heterocycles. The van der Waals surface area contributed by atoms with Crippen LogP contribution in [0.15, 0.2) is 18.2 Å². The highest BCUT2D eigenvalue weighted by Crippen LogP contribution is 2.21. The number of rotatable bonds is 7. The second-order valence-electron chi connectivity index (χ2n) is 4.02. The third-order valence-electron chi connectivity index (χ3n) is 2.80. The standard InChI is InChI=1S/C14H19NO3/c1-15-14(17)8-6-11-5-7-13(18-2)12(10-11)4-3-9-16/h5,7,9-10H,3-4,6,8H2,1-2H3,(H,15,17). The molecule has 4 heteroatoms.